The molecule has 144 valence electrons. The molecule has 2 amide bonds. The topological polar surface area (TPSA) is 71.1 Å². The third kappa shape index (κ3) is 5.68. The van der Waals surface area contributed by atoms with Gasteiger partial charge in [-0.1, -0.05) is 18.2 Å². The number of hydrogen-bond donors (Lipinski definition) is 2. The van der Waals surface area contributed by atoms with E-state index < -0.39 is 11.6 Å². The molecule has 8 heteroatoms. The predicted molar refractivity (Wildman–Crippen MR) is 103 cm³/mol. The highest BCUT2D eigenvalue weighted by Crippen LogP contribution is 2.22. The van der Waals surface area contributed by atoms with Gasteiger partial charge in [-0.15, -0.1) is 11.3 Å². The third-order valence-electron chi connectivity index (χ3n) is 3.77. The number of rotatable bonds is 7. The Morgan fingerprint density at radius 1 is 1.04 bits per heavy atom. The van der Waals surface area contributed by atoms with Gasteiger partial charge in [-0.05, 0) is 29.8 Å². The van der Waals surface area contributed by atoms with E-state index in [9.17, 15) is 18.4 Å². The predicted octanol–water partition coefficient (Wildman–Crippen LogP) is 3.77. The number of anilines is 1. The second-order valence-electron chi connectivity index (χ2n) is 6.01. The molecule has 0 aliphatic heterocycles. The van der Waals surface area contributed by atoms with E-state index in [-0.39, 0.29) is 24.8 Å². The summed E-state index contributed by atoms with van der Waals surface area (Å²) in [5, 5.41) is 5.72. The first-order valence-corrected chi connectivity index (χ1v) is 9.34. The van der Waals surface area contributed by atoms with Gasteiger partial charge >= 0.3 is 0 Å². The zero-order valence-corrected chi connectivity index (χ0v) is 15.6. The maximum atomic E-state index is 13.3. The molecule has 0 fully saturated rings. The van der Waals surface area contributed by atoms with E-state index in [4.69, 9.17) is 0 Å². The SMILES string of the molecule is O=C(CCNC(=O)c1ccccc1)Nc1ncc(Cc2cc(F)cc(F)c2)s1. The van der Waals surface area contributed by atoms with Gasteiger partial charge in [0.25, 0.3) is 5.91 Å². The van der Waals surface area contributed by atoms with Gasteiger partial charge < -0.3 is 10.6 Å². The summed E-state index contributed by atoms with van der Waals surface area (Å²) in [6.45, 7) is 0.195. The lowest BCUT2D eigenvalue weighted by Gasteiger charge is -2.05. The lowest BCUT2D eigenvalue weighted by Crippen LogP contribution is -2.27. The van der Waals surface area contributed by atoms with Crippen molar-refractivity contribution in [3.63, 3.8) is 0 Å². The van der Waals surface area contributed by atoms with Gasteiger partial charge in [-0.3, -0.25) is 9.59 Å². The van der Waals surface area contributed by atoms with Crippen LogP contribution in [0.3, 0.4) is 0 Å². The second kappa shape index (κ2) is 9.18. The molecule has 0 aliphatic rings. The van der Waals surface area contributed by atoms with Crippen LogP contribution in [-0.2, 0) is 11.2 Å². The zero-order chi connectivity index (χ0) is 19.9. The maximum absolute atomic E-state index is 13.3. The Morgan fingerprint density at radius 2 is 1.75 bits per heavy atom. The first-order chi connectivity index (χ1) is 13.5. The van der Waals surface area contributed by atoms with E-state index in [1.807, 2.05) is 6.07 Å². The molecule has 0 radical (unpaired) electrons. The molecule has 28 heavy (non-hydrogen) atoms. The fraction of sp³-hybridized carbons (Fsp3) is 0.150. The Bertz CT molecular complexity index is 956. The van der Waals surface area contributed by atoms with Crippen molar-refractivity contribution in [2.45, 2.75) is 12.8 Å². The van der Waals surface area contributed by atoms with Crippen molar-refractivity contribution in [1.29, 1.82) is 0 Å². The summed E-state index contributed by atoms with van der Waals surface area (Å²) in [6, 6.07) is 12.1. The van der Waals surface area contributed by atoms with Crippen molar-refractivity contribution in [3.05, 3.63) is 82.4 Å². The Hall–Kier alpha value is -3.13. The molecule has 0 saturated heterocycles. The Labute approximate surface area is 164 Å². The molecule has 5 nitrogen and oxygen atoms in total. The van der Waals surface area contributed by atoms with Crippen LogP contribution in [0.5, 0.6) is 0 Å². The molecule has 0 bridgehead atoms. The minimum atomic E-state index is -0.634. The van der Waals surface area contributed by atoms with Gasteiger partial charge in [0.2, 0.25) is 5.91 Å². The maximum Gasteiger partial charge on any atom is 0.251 e. The van der Waals surface area contributed by atoms with Crippen LogP contribution in [-0.4, -0.2) is 23.3 Å². The summed E-state index contributed by atoms with van der Waals surface area (Å²) >= 11 is 1.23. The molecule has 2 N–H and O–H groups in total. The second-order valence-corrected chi connectivity index (χ2v) is 7.12. The highest BCUT2D eigenvalue weighted by molar-refractivity contribution is 7.15. The van der Waals surface area contributed by atoms with E-state index in [2.05, 4.69) is 15.6 Å². The number of nitrogens with zero attached hydrogens (tertiary/aromatic N) is 1. The Morgan fingerprint density at radius 3 is 2.46 bits per heavy atom. The fourth-order valence-corrected chi connectivity index (χ4v) is 3.39. The van der Waals surface area contributed by atoms with Gasteiger partial charge in [-0.2, -0.15) is 0 Å². The lowest BCUT2D eigenvalue weighted by atomic mass is 10.1. The number of halogens is 2. The average Bonchev–Trinajstić information content (AvgIpc) is 3.08. The molecular formula is C20H17F2N3O2S. The number of amides is 2. The van der Waals surface area contributed by atoms with Gasteiger partial charge in [0, 0.05) is 42.1 Å². The first kappa shape index (κ1) is 19.6. The van der Waals surface area contributed by atoms with Crippen LogP contribution < -0.4 is 10.6 Å². The van der Waals surface area contributed by atoms with Crippen LogP contribution in [0.2, 0.25) is 0 Å². The summed E-state index contributed by atoms with van der Waals surface area (Å²) in [4.78, 5) is 28.8. The summed E-state index contributed by atoms with van der Waals surface area (Å²) in [5.74, 6) is -1.80. The lowest BCUT2D eigenvalue weighted by molar-refractivity contribution is -0.116. The van der Waals surface area contributed by atoms with E-state index in [1.54, 1.807) is 30.5 Å². The monoisotopic (exact) mass is 401 g/mol. The van der Waals surface area contributed by atoms with Crippen molar-refractivity contribution in [2.75, 3.05) is 11.9 Å². The highest BCUT2D eigenvalue weighted by atomic mass is 32.1. The number of thiazole rings is 1. The molecule has 1 aromatic heterocycles. The van der Waals surface area contributed by atoms with Gasteiger partial charge in [0.05, 0.1) is 0 Å². The molecule has 0 spiro atoms. The van der Waals surface area contributed by atoms with Crippen LogP contribution >= 0.6 is 11.3 Å². The smallest absolute Gasteiger partial charge is 0.251 e. The van der Waals surface area contributed by atoms with E-state index in [1.165, 1.54) is 23.5 Å². The largest absolute Gasteiger partial charge is 0.352 e. The Balaban J connectivity index is 1.46. The van der Waals surface area contributed by atoms with Gasteiger partial charge in [0.1, 0.15) is 11.6 Å². The minimum absolute atomic E-state index is 0.0998. The molecule has 2 aromatic carbocycles. The van der Waals surface area contributed by atoms with Crippen molar-refractivity contribution in [1.82, 2.24) is 10.3 Å². The number of carbonyl (C=O) groups is 2. The van der Waals surface area contributed by atoms with Crippen molar-refractivity contribution in [2.24, 2.45) is 0 Å². The van der Waals surface area contributed by atoms with Crippen LogP contribution in [0.25, 0.3) is 0 Å². The number of carbonyl (C=O) groups excluding carboxylic acids is 2. The number of nitrogens with one attached hydrogen (secondary N) is 2. The number of aromatic nitrogens is 1. The molecular weight excluding hydrogens is 384 g/mol. The fourth-order valence-electron chi connectivity index (χ4n) is 2.52. The molecule has 0 atom stereocenters. The standard InChI is InChI=1S/C20H17F2N3O2S/c21-15-8-13(9-16(22)11-15)10-17-12-24-20(28-17)25-18(26)6-7-23-19(27)14-4-2-1-3-5-14/h1-5,8-9,11-12H,6-7,10H2,(H,23,27)(H,24,25,26). The van der Waals surface area contributed by atoms with Gasteiger partial charge in [-0.25, -0.2) is 13.8 Å². The van der Waals surface area contributed by atoms with Crippen LogP contribution in [0.4, 0.5) is 13.9 Å². The van der Waals surface area contributed by atoms with Crippen LogP contribution in [0.1, 0.15) is 27.2 Å². The molecule has 1 heterocycles. The zero-order valence-electron chi connectivity index (χ0n) is 14.7. The molecule has 0 unspecified atom stereocenters. The number of hydrogen-bond acceptors (Lipinski definition) is 4. The number of benzene rings is 2. The summed E-state index contributed by atoms with van der Waals surface area (Å²) in [6.07, 6.45) is 1.97. The van der Waals surface area contributed by atoms with Crippen molar-refractivity contribution >= 4 is 28.3 Å². The highest BCUT2D eigenvalue weighted by Gasteiger charge is 2.10. The molecule has 0 saturated carbocycles. The van der Waals surface area contributed by atoms with E-state index >= 15 is 0 Å². The van der Waals surface area contributed by atoms with Crippen LogP contribution in [0, 0.1) is 11.6 Å². The first-order valence-electron chi connectivity index (χ1n) is 8.52. The summed E-state index contributed by atoms with van der Waals surface area (Å²) < 4.78 is 26.5. The quantitative estimate of drug-likeness (QED) is 0.633. The molecule has 0 aliphatic carbocycles. The normalized spacial score (nSPS) is 10.5. The Kier molecular flexibility index (Phi) is 6.44. The average molecular weight is 401 g/mol. The summed E-state index contributed by atoms with van der Waals surface area (Å²) in [5.41, 5.74) is 1.02. The van der Waals surface area contributed by atoms with Crippen molar-refractivity contribution in [3.8, 4) is 0 Å². The third-order valence-corrected chi connectivity index (χ3v) is 4.69. The van der Waals surface area contributed by atoms with E-state index in [0.717, 1.165) is 10.9 Å². The minimum Gasteiger partial charge on any atom is -0.352 e. The summed E-state index contributed by atoms with van der Waals surface area (Å²) in [7, 11) is 0. The van der Waals surface area contributed by atoms with Gasteiger partial charge in [0.15, 0.2) is 5.13 Å². The molecule has 3 rings (SSSR count). The van der Waals surface area contributed by atoms with Crippen molar-refractivity contribution < 1.29 is 18.4 Å². The van der Waals surface area contributed by atoms with Crippen LogP contribution in [0.15, 0.2) is 54.7 Å². The van der Waals surface area contributed by atoms with E-state index in [0.29, 0.717) is 22.7 Å². The molecule has 3 aromatic rings.